The molecule has 0 aliphatic heterocycles. The lowest BCUT2D eigenvalue weighted by atomic mass is 9.98. The second kappa shape index (κ2) is 8.07. The van der Waals surface area contributed by atoms with Crippen LogP contribution in [0.2, 0.25) is 0 Å². The van der Waals surface area contributed by atoms with E-state index in [-0.39, 0.29) is 0 Å². The first-order valence-electron chi connectivity index (χ1n) is 9.45. The summed E-state index contributed by atoms with van der Waals surface area (Å²) in [6, 6.07) is 34.3. The van der Waals surface area contributed by atoms with E-state index in [0.29, 0.717) is 0 Å². The Balaban J connectivity index is 0.000000181. The molecule has 0 aromatic heterocycles. The van der Waals surface area contributed by atoms with Gasteiger partial charge in [-0.2, -0.15) is 0 Å². The van der Waals surface area contributed by atoms with Crippen molar-refractivity contribution in [3.8, 4) is 0 Å². The van der Waals surface area contributed by atoms with E-state index < -0.39 is 0 Å². The molecule has 0 aliphatic rings. The van der Waals surface area contributed by atoms with Crippen LogP contribution in [0.25, 0.3) is 32.3 Å². The van der Waals surface area contributed by atoms with Crippen molar-refractivity contribution >= 4 is 58.7 Å². The highest BCUT2D eigenvalue weighted by molar-refractivity contribution is 6.41. The fraction of sp³-hybridized carbons (Fsp3) is 0.0769. The van der Waals surface area contributed by atoms with Gasteiger partial charge >= 0.3 is 0 Å². The normalized spacial score (nSPS) is 10.6. The summed E-state index contributed by atoms with van der Waals surface area (Å²) in [7, 11) is 4.07. The van der Waals surface area contributed by atoms with E-state index in [2.05, 4.69) is 100 Å². The number of benzene rings is 5. The van der Waals surface area contributed by atoms with Crippen LogP contribution in [0.15, 0.2) is 97.1 Å². The van der Waals surface area contributed by atoms with Gasteiger partial charge in [0.1, 0.15) is 0 Å². The van der Waals surface area contributed by atoms with Crippen LogP contribution < -0.4 is 9.33 Å². The highest BCUT2D eigenvalue weighted by Gasteiger charge is 2.03. The zero-order valence-corrected chi connectivity index (χ0v) is 17.4. The summed E-state index contributed by atoms with van der Waals surface area (Å²) in [6.07, 6.45) is 0. The van der Waals surface area contributed by atoms with Gasteiger partial charge in [0.25, 0.3) is 0 Å². The second-order valence-electron chi connectivity index (χ2n) is 7.16. The largest absolute Gasteiger partial charge is 0.378 e. The molecule has 0 atom stereocenters. The van der Waals surface area contributed by atoms with Gasteiger partial charge < -0.3 is 4.90 Å². The van der Waals surface area contributed by atoms with Crippen LogP contribution in [0, 0.1) is 0 Å². The van der Waals surface area contributed by atoms with Crippen molar-refractivity contribution in [1.82, 2.24) is 0 Å². The molecule has 2 heteroatoms. The van der Waals surface area contributed by atoms with Gasteiger partial charge in [0.05, 0.1) is 0 Å². The summed E-state index contributed by atoms with van der Waals surface area (Å²) in [5, 5.41) is 7.89. The zero-order valence-electron chi connectivity index (χ0n) is 16.3. The van der Waals surface area contributed by atoms with Crippen molar-refractivity contribution in [1.29, 1.82) is 0 Å². The lowest BCUT2D eigenvalue weighted by molar-refractivity contribution is 1.13. The highest BCUT2D eigenvalue weighted by atomic mass is 27.0. The molecule has 1 nitrogen and oxygen atoms in total. The molecule has 0 amide bonds. The van der Waals surface area contributed by atoms with Gasteiger partial charge in [-0.15, -0.1) is 4.43 Å². The number of fused-ring (bicyclic) bond motifs is 4. The molecule has 0 N–H and O–H groups in total. The van der Waals surface area contributed by atoms with Crippen LogP contribution in [-0.2, 0) is 0 Å². The van der Waals surface area contributed by atoms with Gasteiger partial charge in [0, 0.05) is 19.8 Å². The quantitative estimate of drug-likeness (QED) is 0.207. The van der Waals surface area contributed by atoms with Crippen LogP contribution in [0.5, 0.6) is 0 Å². The molecule has 0 spiro atoms. The molecule has 5 aromatic carbocycles. The van der Waals surface area contributed by atoms with Crippen molar-refractivity contribution < 1.29 is 0 Å². The first-order chi connectivity index (χ1) is 13.6. The summed E-state index contributed by atoms with van der Waals surface area (Å²) in [5.74, 6) is 0. The van der Waals surface area contributed by atoms with Crippen molar-refractivity contribution in [3.05, 3.63) is 97.1 Å². The molecule has 5 rings (SSSR count). The average Bonchev–Trinajstić information content (AvgIpc) is 2.73. The van der Waals surface area contributed by atoms with Crippen molar-refractivity contribution in [2.75, 3.05) is 19.0 Å². The third-order valence-electron chi connectivity index (χ3n) is 5.03. The summed E-state index contributed by atoms with van der Waals surface area (Å²) < 4.78 is 1.26. The van der Waals surface area contributed by atoms with Gasteiger partial charge in [0.15, 0.2) is 16.3 Å². The van der Waals surface area contributed by atoms with E-state index >= 15 is 0 Å². The lowest BCUT2D eigenvalue weighted by Crippen LogP contribution is -2.07. The van der Waals surface area contributed by atoms with Gasteiger partial charge in [-0.3, -0.25) is 0 Å². The van der Waals surface area contributed by atoms with Gasteiger partial charge in [0.2, 0.25) is 0 Å². The number of rotatable bonds is 1. The molecule has 0 bridgehead atoms. The Morgan fingerprint density at radius 1 is 0.571 bits per heavy atom. The number of para-hydroxylation sites is 1. The van der Waals surface area contributed by atoms with Crippen LogP contribution >= 0.6 is 0 Å². The smallest absolute Gasteiger partial charge is 0.176 e. The number of anilines is 1. The van der Waals surface area contributed by atoms with Crippen molar-refractivity contribution in [2.45, 2.75) is 0 Å². The Labute approximate surface area is 174 Å². The maximum atomic E-state index is 2.85. The van der Waals surface area contributed by atoms with E-state index in [4.69, 9.17) is 0 Å². The molecule has 0 aliphatic carbocycles. The Morgan fingerprint density at radius 2 is 1.18 bits per heavy atom. The molecule has 134 valence electrons. The van der Waals surface area contributed by atoms with Crippen LogP contribution in [0.4, 0.5) is 5.69 Å². The minimum absolute atomic E-state index is 1.25. The Bertz CT molecular complexity index is 1240. The predicted molar refractivity (Wildman–Crippen MR) is 125 cm³/mol. The monoisotopic (exact) mass is 375 g/mol. The minimum atomic E-state index is 1.25. The third-order valence-corrected chi connectivity index (χ3v) is 5.51. The van der Waals surface area contributed by atoms with Gasteiger partial charge in [-0.25, -0.2) is 0 Å². The third kappa shape index (κ3) is 3.76. The first kappa shape index (κ1) is 18.6. The molecule has 0 heterocycles. The Kier molecular flexibility index (Phi) is 5.35. The van der Waals surface area contributed by atoms with Crippen molar-refractivity contribution in [2.24, 2.45) is 0 Å². The fourth-order valence-corrected chi connectivity index (χ4v) is 3.99. The Morgan fingerprint density at radius 3 is 1.86 bits per heavy atom. The summed E-state index contributed by atoms with van der Waals surface area (Å²) >= 11 is 2.85. The van der Waals surface area contributed by atoms with Crippen LogP contribution in [0.3, 0.4) is 0 Å². The maximum absolute atomic E-state index is 2.85. The summed E-state index contributed by atoms with van der Waals surface area (Å²) in [6.45, 7) is 0. The zero-order chi connectivity index (χ0) is 19.5. The molecule has 0 saturated heterocycles. The predicted octanol–water partition coefficient (Wildman–Crippen LogP) is 5.69. The highest BCUT2D eigenvalue weighted by Crippen LogP contribution is 2.28. The topological polar surface area (TPSA) is 3.24 Å². The van der Waals surface area contributed by atoms with Crippen LogP contribution in [0.1, 0.15) is 0 Å². The number of hydrogen-bond donors (Lipinski definition) is 0. The van der Waals surface area contributed by atoms with E-state index in [1.165, 1.54) is 42.4 Å². The molecule has 0 unspecified atom stereocenters. The average molecular weight is 375 g/mol. The molecule has 2 radical (unpaired) electrons. The van der Waals surface area contributed by atoms with E-state index in [0.717, 1.165) is 0 Å². The standard InChI is InChI=1S/C18H11.C8H11N.Al/c1-2-7-15-12-18-16(11-14(15)6-1)10-9-13-5-3-4-8-17(13)18;1-9(2)8-6-4-3-5-7-8;/h1-7,9-12H;3-7H,1-2H3;. The number of hydrogen-bond acceptors (Lipinski definition) is 1. The SMILES string of the molecule is CN(C)c1ccccc1.[Al][c]1cccc2ccc3cc4ccccc4cc3c12. The molecule has 5 aromatic rings. The summed E-state index contributed by atoms with van der Waals surface area (Å²) in [4.78, 5) is 2.08. The van der Waals surface area contributed by atoms with E-state index in [1.54, 1.807) is 0 Å². The van der Waals surface area contributed by atoms with Gasteiger partial charge in [-0.1, -0.05) is 72.8 Å². The molecule has 0 fully saturated rings. The summed E-state index contributed by atoms with van der Waals surface area (Å²) in [5.41, 5.74) is 1.25. The lowest BCUT2D eigenvalue weighted by Gasteiger charge is -2.10. The fourth-order valence-electron chi connectivity index (χ4n) is 3.56. The maximum Gasteiger partial charge on any atom is 0.176 e. The first-order valence-corrected chi connectivity index (χ1v) is 10.0. The molecular weight excluding hydrogens is 353 g/mol. The molecular formula is C26H22AlN. The van der Waals surface area contributed by atoms with Crippen LogP contribution in [-0.4, -0.2) is 30.4 Å². The second-order valence-corrected chi connectivity index (χ2v) is 7.78. The molecule has 0 saturated carbocycles. The Hall–Kier alpha value is -2.79. The minimum Gasteiger partial charge on any atom is -0.378 e. The van der Waals surface area contributed by atoms with Gasteiger partial charge in [-0.05, 0) is 56.6 Å². The molecule has 28 heavy (non-hydrogen) atoms. The van der Waals surface area contributed by atoms with E-state index in [9.17, 15) is 0 Å². The van der Waals surface area contributed by atoms with E-state index in [1.807, 2.05) is 32.3 Å². The number of nitrogens with zero attached hydrogens (tertiary/aromatic N) is 1. The van der Waals surface area contributed by atoms with Crippen molar-refractivity contribution in [3.63, 3.8) is 0 Å².